The highest BCUT2D eigenvalue weighted by molar-refractivity contribution is 9.10. The summed E-state index contributed by atoms with van der Waals surface area (Å²) in [6.45, 7) is 0. The van der Waals surface area contributed by atoms with Crippen LogP contribution in [-0.4, -0.2) is 19.9 Å². The molecular weight excluding hydrogens is 415 g/mol. The topological polar surface area (TPSA) is 72.2 Å². The third-order valence-electron chi connectivity index (χ3n) is 5.09. The first-order valence-corrected chi connectivity index (χ1v) is 9.04. The second-order valence-corrected chi connectivity index (χ2v) is 7.44. The van der Waals surface area contributed by atoms with E-state index >= 15 is 0 Å². The molecule has 1 aromatic heterocycles. The van der Waals surface area contributed by atoms with Crippen LogP contribution in [0.1, 0.15) is 23.0 Å². The number of halogens is 2. The number of rotatable bonds is 1. The molecule has 2 N–H and O–H groups in total. The lowest BCUT2D eigenvalue weighted by Crippen LogP contribution is -2.19. The van der Waals surface area contributed by atoms with Gasteiger partial charge in [-0.3, -0.25) is 4.57 Å². The second kappa shape index (κ2) is 4.98. The number of nitrogens with zero attached hydrogens (tertiary/aromatic N) is 3. The van der Waals surface area contributed by atoms with Gasteiger partial charge in [0.1, 0.15) is 11.9 Å². The van der Waals surface area contributed by atoms with Crippen LogP contribution in [0.4, 0.5) is 4.39 Å². The van der Waals surface area contributed by atoms with Crippen LogP contribution in [0.25, 0.3) is 22.7 Å². The van der Waals surface area contributed by atoms with Crippen molar-refractivity contribution in [2.24, 2.45) is 0 Å². The summed E-state index contributed by atoms with van der Waals surface area (Å²) in [4.78, 5) is 5.61. The summed E-state index contributed by atoms with van der Waals surface area (Å²) in [6.07, 6.45) is 0. The highest BCUT2D eigenvalue weighted by Gasteiger charge is 2.46. The lowest BCUT2D eigenvalue weighted by atomic mass is 9.96. The Bertz CT molecular complexity index is 1210. The molecule has 2 aromatic carbocycles. The lowest BCUT2D eigenvalue weighted by Gasteiger charge is -2.22. The molecule has 0 spiro atoms. The second-order valence-electron chi connectivity index (χ2n) is 6.53. The zero-order chi connectivity index (χ0) is 18.3. The minimum atomic E-state index is -0.429. The van der Waals surface area contributed by atoms with Crippen molar-refractivity contribution in [3.8, 4) is 11.4 Å². The zero-order valence-corrected chi connectivity index (χ0v) is 15.2. The van der Waals surface area contributed by atoms with Crippen LogP contribution in [-0.2, 0) is 4.84 Å². The molecule has 27 heavy (non-hydrogen) atoms. The first-order valence-electron chi connectivity index (χ1n) is 8.25. The molecular formula is C19H10BrFN4O2. The maximum atomic E-state index is 13.3. The van der Waals surface area contributed by atoms with E-state index in [1.54, 1.807) is 12.1 Å². The summed E-state index contributed by atoms with van der Waals surface area (Å²) < 4.78 is 16.1. The monoisotopic (exact) mass is 424 g/mol. The van der Waals surface area contributed by atoms with E-state index < -0.39 is 6.04 Å². The van der Waals surface area contributed by atoms with Crippen molar-refractivity contribution in [2.45, 2.75) is 6.04 Å². The fourth-order valence-electron chi connectivity index (χ4n) is 3.91. The Balaban J connectivity index is 1.64. The molecule has 3 aromatic rings. The highest BCUT2D eigenvalue weighted by Crippen LogP contribution is 2.51. The molecule has 0 bridgehead atoms. The highest BCUT2D eigenvalue weighted by atomic mass is 79.9. The molecule has 4 heterocycles. The van der Waals surface area contributed by atoms with Crippen molar-refractivity contribution in [2.75, 3.05) is 0 Å². The van der Waals surface area contributed by atoms with Crippen molar-refractivity contribution in [1.29, 1.82) is 0 Å². The van der Waals surface area contributed by atoms with Crippen LogP contribution in [0.2, 0.25) is 0 Å². The van der Waals surface area contributed by atoms with E-state index in [2.05, 4.69) is 31.6 Å². The van der Waals surface area contributed by atoms with Gasteiger partial charge in [-0.05, 0) is 42.0 Å². The van der Waals surface area contributed by atoms with E-state index in [0.717, 1.165) is 21.2 Å². The molecule has 6 rings (SSSR count). The molecule has 3 aliphatic rings. The van der Waals surface area contributed by atoms with Crippen LogP contribution in [0.15, 0.2) is 58.5 Å². The van der Waals surface area contributed by atoms with Gasteiger partial charge in [-0.2, -0.15) is 0 Å². The molecule has 0 fully saturated rings. The third kappa shape index (κ3) is 1.83. The van der Waals surface area contributed by atoms with E-state index in [1.165, 1.54) is 12.1 Å². The Kier molecular flexibility index (Phi) is 2.76. The number of hydrogen-bond acceptors (Lipinski definition) is 5. The molecule has 0 unspecified atom stereocenters. The maximum absolute atomic E-state index is 13.3. The average Bonchev–Trinajstić information content (AvgIpc) is 3.34. The van der Waals surface area contributed by atoms with Gasteiger partial charge in [0.15, 0.2) is 17.4 Å². The maximum Gasteiger partial charge on any atom is 0.208 e. The van der Waals surface area contributed by atoms with Gasteiger partial charge in [0.05, 0.1) is 11.3 Å². The number of hydroxylamine groups is 1. The van der Waals surface area contributed by atoms with Crippen LogP contribution >= 0.6 is 15.9 Å². The molecule has 0 saturated carbocycles. The quantitative estimate of drug-likeness (QED) is 0.618. The van der Waals surface area contributed by atoms with Crippen molar-refractivity contribution >= 4 is 27.2 Å². The molecule has 0 amide bonds. The van der Waals surface area contributed by atoms with Crippen LogP contribution in [0, 0.1) is 5.82 Å². The van der Waals surface area contributed by atoms with Crippen LogP contribution < -0.4 is 5.48 Å². The van der Waals surface area contributed by atoms with Crippen LogP contribution in [0.5, 0.6) is 0 Å². The zero-order valence-electron chi connectivity index (χ0n) is 13.6. The number of benzene rings is 2. The third-order valence-corrected chi connectivity index (χ3v) is 5.58. The summed E-state index contributed by atoms with van der Waals surface area (Å²) in [5.74, 6) is 1.37. The van der Waals surface area contributed by atoms with Gasteiger partial charge >= 0.3 is 0 Å². The minimum absolute atomic E-state index is 0.0873. The normalized spacial score (nSPS) is 18.8. The predicted molar refractivity (Wildman–Crippen MR) is 98.4 cm³/mol. The van der Waals surface area contributed by atoms with E-state index in [1.807, 2.05) is 22.8 Å². The summed E-state index contributed by atoms with van der Waals surface area (Å²) in [5.41, 5.74) is 6.65. The van der Waals surface area contributed by atoms with Gasteiger partial charge < -0.3 is 9.94 Å². The fraction of sp³-hybridized carbons (Fsp3) is 0.0526. The predicted octanol–water partition coefficient (Wildman–Crippen LogP) is 3.94. The van der Waals surface area contributed by atoms with E-state index in [4.69, 9.17) is 4.84 Å². The standard InChI is InChI=1S/C19H10BrFN4O2/c20-9-3-6-11-12(7-9)18-22-23-19-13-14(8-1-4-10(21)5-2-8)24-27-17(13)16(26)15(11)25(18)19/h1-7,15,24,26H/t15-/m1/s1. The Labute approximate surface area is 160 Å². The fourth-order valence-corrected chi connectivity index (χ4v) is 4.28. The molecule has 1 atom stereocenters. The summed E-state index contributed by atoms with van der Waals surface area (Å²) in [7, 11) is 0. The Morgan fingerprint density at radius 3 is 2.70 bits per heavy atom. The first-order chi connectivity index (χ1) is 13.1. The number of nitrogens with one attached hydrogen (secondary N) is 1. The van der Waals surface area contributed by atoms with Gasteiger partial charge in [-0.15, -0.1) is 10.2 Å². The van der Waals surface area contributed by atoms with Gasteiger partial charge in [0.25, 0.3) is 0 Å². The number of hydrogen-bond donors (Lipinski definition) is 2. The minimum Gasteiger partial charge on any atom is -0.506 e. The molecule has 0 saturated heterocycles. The first kappa shape index (κ1) is 15.0. The van der Waals surface area contributed by atoms with Gasteiger partial charge in [-0.1, -0.05) is 22.0 Å². The van der Waals surface area contributed by atoms with Gasteiger partial charge in [0.2, 0.25) is 5.76 Å². The average molecular weight is 425 g/mol. The molecule has 6 nitrogen and oxygen atoms in total. The van der Waals surface area contributed by atoms with Crippen molar-refractivity contribution < 1.29 is 14.3 Å². The number of fused-ring (bicyclic) bond motifs is 5. The van der Waals surface area contributed by atoms with Gasteiger partial charge in [-0.25, -0.2) is 9.87 Å². The Morgan fingerprint density at radius 2 is 1.89 bits per heavy atom. The molecule has 132 valence electrons. The largest absolute Gasteiger partial charge is 0.506 e. The van der Waals surface area contributed by atoms with Crippen molar-refractivity contribution in [1.82, 2.24) is 20.2 Å². The summed E-state index contributed by atoms with van der Waals surface area (Å²) in [5, 5.41) is 19.7. The van der Waals surface area contributed by atoms with Gasteiger partial charge in [0, 0.05) is 15.6 Å². The Hall–Kier alpha value is -3.13. The number of allylic oxidation sites excluding steroid dienone is 2. The smallest absolute Gasteiger partial charge is 0.208 e. The SMILES string of the molecule is OC1=C2ONC(c3ccc(F)cc3)=C2c2nnc3n2[C@@H]1c1ccc(Br)cc1-3. The summed E-state index contributed by atoms with van der Waals surface area (Å²) in [6, 6.07) is 11.5. The number of aliphatic hydroxyl groups excluding tert-OH is 1. The molecule has 0 radical (unpaired) electrons. The number of aliphatic hydroxyl groups is 1. The van der Waals surface area contributed by atoms with E-state index in [9.17, 15) is 9.50 Å². The summed E-state index contributed by atoms with van der Waals surface area (Å²) >= 11 is 3.48. The van der Waals surface area contributed by atoms with E-state index in [0.29, 0.717) is 28.7 Å². The number of aromatic nitrogens is 3. The van der Waals surface area contributed by atoms with Crippen molar-refractivity contribution in [3.63, 3.8) is 0 Å². The molecule has 3 aliphatic heterocycles. The van der Waals surface area contributed by atoms with E-state index in [-0.39, 0.29) is 11.6 Å². The lowest BCUT2D eigenvalue weighted by molar-refractivity contribution is 0.155. The Morgan fingerprint density at radius 1 is 1.11 bits per heavy atom. The van der Waals surface area contributed by atoms with Crippen LogP contribution in [0.3, 0.4) is 0 Å². The molecule has 8 heteroatoms. The molecule has 0 aliphatic carbocycles. The van der Waals surface area contributed by atoms with Crippen molar-refractivity contribution in [3.05, 3.63) is 81.2 Å².